The first kappa shape index (κ1) is 13.4. The van der Waals surface area contributed by atoms with E-state index < -0.39 is 0 Å². The molecule has 1 rings (SSSR count). The van der Waals surface area contributed by atoms with E-state index in [1.165, 1.54) is 0 Å². The lowest BCUT2D eigenvalue weighted by Gasteiger charge is -2.37. The summed E-state index contributed by atoms with van der Waals surface area (Å²) in [4.78, 5) is 15.6. The number of nitrogens with two attached hydrogens (primary N) is 2. The molecule has 0 aromatic heterocycles. The van der Waals surface area contributed by atoms with Crippen molar-refractivity contribution in [2.24, 2.45) is 17.4 Å². The number of amides is 1. The molecule has 0 bridgehead atoms. The zero-order valence-electron chi connectivity index (χ0n) is 10.4. The summed E-state index contributed by atoms with van der Waals surface area (Å²) in [7, 11) is 0. The normalized spacial score (nSPS) is 22.9. The van der Waals surface area contributed by atoms with Crippen molar-refractivity contribution in [2.45, 2.75) is 19.9 Å². The van der Waals surface area contributed by atoms with Crippen molar-refractivity contribution in [2.75, 3.05) is 39.3 Å². The summed E-state index contributed by atoms with van der Waals surface area (Å²) >= 11 is 0. The average Bonchev–Trinajstić information content (AvgIpc) is 2.28. The molecule has 4 N–H and O–H groups in total. The van der Waals surface area contributed by atoms with Crippen molar-refractivity contribution in [3.63, 3.8) is 0 Å². The molecule has 1 fully saturated rings. The van der Waals surface area contributed by atoms with Gasteiger partial charge in [0, 0.05) is 32.7 Å². The predicted octanol–water partition coefficient (Wildman–Crippen LogP) is -0.927. The summed E-state index contributed by atoms with van der Waals surface area (Å²) < 4.78 is 0. The number of nitrogens with zero attached hydrogens (tertiary/aromatic N) is 2. The highest BCUT2D eigenvalue weighted by atomic mass is 16.1. The van der Waals surface area contributed by atoms with Crippen molar-refractivity contribution in [1.29, 1.82) is 0 Å². The van der Waals surface area contributed by atoms with E-state index in [9.17, 15) is 4.79 Å². The van der Waals surface area contributed by atoms with E-state index in [-0.39, 0.29) is 11.9 Å². The fourth-order valence-corrected chi connectivity index (χ4v) is 2.03. The Morgan fingerprint density at radius 1 is 1.25 bits per heavy atom. The van der Waals surface area contributed by atoms with Gasteiger partial charge in [0.05, 0.1) is 6.04 Å². The van der Waals surface area contributed by atoms with Gasteiger partial charge in [-0.05, 0) is 19.4 Å². The lowest BCUT2D eigenvalue weighted by molar-refractivity contribution is -0.123. The minimum absolute atomic E-state index is 0.144. The Labute approximate surface area is 97.7 Å². The van der Waals surface area contributed by atoms with E-state index in [1.807, 2.05) is 6.92 Å². The number of primary amides is 1. The molecule has 1 aliphatic heterocycles. The Hall–Kier alpha value is -0.650. The number of hydrogen-bond acceptors (Lipinski definition) is 4. The Morgan fingerprint density at radius 3 is 2.25 bits per heavy atom. The second-order valence-corrected chi connectivity index (χ2v) is 4.76. The minimum Gasteiger partial charge on any atom is -0.368 e. The van der Waals surface area contributed by atoms with Crippen molar-refractivity contribution in [3.8, 4) is 0 Å². The summed E-state index contributed by atoms with van der Waals surface area (Å²) in [6.07, 6.45) is 0. The molecule has 1 heterocycles. The Bertz CT molecular complexity index is 226. The SMILES string of the molecule is CC(CN)CN1CCN(C(C)C(N)=O)CC1. The molecule has 1 saturated heterocycles. The van der Waals surface area contributed by atoms with Crippen LogP contribution in [0, 0.1) is 5.92 Å². The maximum atomic E-state index is 11.1. The van der Waals surface area contributed by atoms with Gasteiger partial charge in [0.25, 0.3) is 0 Å². The third-order valence-electron chi connectivity index (χ3n) is 3.34. The summed E-state index contributed by atoms with van der Waals surface area (Å²) in [5.74, 6) is 0.309. The molecule has 1 amide bonds. The summed E-state index contributed by atoms with van der Waals surface area (Å²) in [5, 5.41) is 0. The zero-order chi connectivity index (χ0) is 12.1. The topological polar surface area (TPSA) is 75.6 Å². The molecular formula is C11H24N4O. The highest BCUT2D eigenvalue weighted by Gasteiger charge is 2.24. The summed E-state index contributed by atoms with van der Waals surface area (Å²) in [5.41, 5.74) is 10.9. The molecule has 0 aliphatic carbocycles. The van der Waals surface area contributed by atoms with E-state index in [1.54, 1.807) is 0 Å². The maximum absolute atomic E-state index is 11.1. The number of rotatable bonds is 5. The average molecular weight is 228 g/mol. The summed E-state index contributed by atoms with van der Waals surface area (Å²) in [6.45, 7) is 9.67. The second-order valence-electron chi connectivity index (χ2n) is 4.76. The monoisotopic (exact) mass is 228 g/mol. The molecule has 1 aliphatic rings. The highest BCUT2D eigenvalue weighted by Crippen LogP contribution is 2.07. The van der Waals surface area contributed by atoms with Gasteiger partial charge in [-0.1, -0.05) is 6.92 Å². The number of hydrogen-bond donors (Lipinski definition) is 2. The van der Waals surface area contributed by atoms with Gasteiger partial charge < -0.3 is 16.4 Å². The third kappa shape index (κ3) is 3.73. The zero-order valence-corrected chi connectivity index (χ0v) is 10.4. The Balaban J connectivity index is 2.31. The Kier molecular flexibility index (Phi) is 5.18. The molecule has 2 atom stereocenters. The Morgan fingerprint density at radius 2 is 1.81 bits per heavy atom. The van der Waals surface area contributed by atoms with Crippen LogP contribution >= 0.6 is 0 Å². The van der Waals surface area contributed by atoms with Gasteiger partial charge in [0.2, 0.25) is 5.91 Å². The van der Waals surface area contributed by atoms with Crippen LogP contribution in [0.3, 0.4) is 0 Å². The lowest BCUT2D eigenvalue weighted by atomic mass is 10.1. The molecule has 0 radical (unpaired) electrons. The van der Waals surface area contributed by atoms with E-state index in [4.69, 9.17) is 11.5 Å². The minimum atomic E-state index is -0.233. The fourth-order valence-electron chi connectivity index (χ4n) is 2.03. The quantitative estimate of drug-likeness (QED) is 0.637. The molecular weight excluding hydrogens is 204 g/mol. The first-order valence-corrected chi connectivity index (χ1v) is 6.00. The molecule has 16 heavy (non-hydrogen) atoms. The molecule has 0 aromatic carbocycles. The van der Waals surface area contributed by atoms with Crippen LogP contribution in [0.25, 0.3) is 0 Å². The van der Waals surface area contributed by atoms with Gasteiger partial charge in [-0.15, -0.1) is 0 Å². The predicted molar refractivity (Wildman–Crippen MR) is 64.9 cm³/mol. The fraction of sp³-hybridized carbons (Fsp3) is 0.909. The molecule has 94 valence electrons. The van der Waals surface area contributed by atoms with Gasteiger partial charge in [0.15, 0.2) is 0 Å². The first-order valence-electron chi connectivity index (χ1n) is 6.00. The van der Waals surface area contributed by atoms with Crippen molar-refractivity contribution in [1.82, 2.24) is 9.80 Å². The van der Waals surface area contributed by atoms with Crippen molar-refractivity contribution < 1.29 is 4.79 Å². The van der Waals surface area contributed by atoms with Crippen LogP contribution in [0.2, 0.25) is 0 Å². The molecule has 0 aromatic rings. The van der Waals surface area contributed by atoms with Crippen LogP contribution in [0.4, 0.5) is 0 Å². The smallest absolute Gasteiger partial charge is 0.234 e. The molecule has 0 spiro atoms. The van der Waals surface area contributed by atoms with E-state index in [0.29, 0.717) is 5.92 Å². The van der Waals surface area contributed by atoms with Gasteiger partial charge in [0.1, 0.15) is 0 Å². The van der Waals surface area contributed by atoms with Crippen LogP contribution < -0.4 is 11.5 Å². The van der Waals surface area contributed by atoms with Crippen LogP contribution in [-0.4, -0.2) is 61.0 Å². The van der Waals surface area contributed by atoms with Crippen LogP contribution in [0.5, 0.6) is 0 Å². The number of carbonyl (C=O) groups is 1. The maximum Gasteiger partial charge on any atom is 0.234 e. The number of carbonyl (C=O) groups excluding carboxylic acids is 1. The molecule has 5 heteroatoms. The summed E-state index contributed by atoms with van der Waals surface area (Å²) in [6, 6.07) is -0.144. The van der Waals surface area contributed by atoms with Gasteiger partial charge in [-0.3, -0.25) is 9.69 Å². The van der Waals surface area contributed by atoms with E-state index in [0.717, 1.165) is 39.3 Å². The van der Waals surface area contributed by atoms with Crippen LogP contribution in [0.15, 0.2) is 0 Å². The highest BCUT2D eigenvalue weighted by molar-refractivity contribution is 5.79. The van der Waals surface area contributed by atoms with Gasteiger partial charge >= 0.3 is 0 Å². The first-order chi connectivity index (χ1) is 7.54. The number of piperazine rings is 1. The van der Waals surface area contributed by atoms with Crippen LogP contribution in [0.1, 0.15) is 13.8 Å². The van der Waals surface area contributed by atoms with Gasteiger partial charge in [-0.25, -0.2) is 0 Å². The van der Waals surface area contributed by atoms with Crippen LogP contribution in [-0.2, 0) is 4.79 Å². The molecule has 5 nitrogen and oxygen atoms in total. The van der Waals surface area contributed by atoms with Crippen molar-refractivity contribution >= 4 is 5.91 Å². The van der Waals surface area contributed by atoms with Gasteiger partial charge in [-0.2, -0.15) is 0 Å². The van der Waals surface area contributed by atoms with Crippen molar-refractivity contribution in [3.05, 3.63) is 0 Å². The standard InChI is InChI=1S/C11H24N4O/c1-9(7-12)8-14-3-5-15(6-4-14)10(2)11(13)16/h9-10H,3-8,12H2,1-2H3,(H2,13,16). The lowest BCUT2D eigenvalue weighted by Crippen LogP contribution is -2.53. The molecule has 0 saturated carbocycles. The molecule has 2 unspecified atom stereocenters. The van der Waals surface area contributed by atoms with E-state index in [2.05, 4.69) is 16.7 Å². The second kappa shape index (κ2) is 6.18. The largest absolute Gasteiger partial charge is 0.368 e. The van der Waals surface area contributed by atoms with E-state index >= 15 is 0 Å². The third-order valence-corrected chi connectivity index (χ3v) is 3.34.